The molecule has 0 aliphatic rings. The van der Waals surface area contributed by atoms with E-state index in [9.17, 15) is 0 Å². The molecule has 2 heterocycles. The fraction of sp³-hybridized carbons (Fsp3) is 0.375. The predicted octanol–water partition coefficient (Wildman–Crippen LogP) is 1.02. The molecule has 0 radical (unpaired) electrons. The molecular weight excluding hydrogens is 202 g/mol. The van der Waals surface area contributed by atoms with E-state index in [0.29, 0.717) is 11.6 Å². The van der Waals surface area contributed by atoms with E-state index in [0.717, 1.165) is 11.6 Å². The van der Waals surface area contributed by atoms with Crippen molar-refractivity contribution < 1.29 is 0 Å². The molecule has 74 valence electrons. The Kier molecular flexibility index (Phi) is 2.25. The molecular formula is C8H10ClN5. The quantitative estimate of drug-likeness (QED) is 0.745. The van der Waals surface area contributed by atoms with Crippen LogP contribution in [0.2, 0.25) is 5.02 Å². The van der Waals surface area contributed by atoms with Gasteiger partial charge < -0.3 is 4.57 Å². The summed E-state index contributed by atoms with van der Waals surface area (Å²) in [5.74, 6) is 1.75. The zero-order valence-corrected chi connectivity index (χ0v) is 8.73. The first-order valence-electron chi connectivity index (χ1n) is 4.19. The molecule has 0 atom stereocenters. The van der Waals surface area contributed by atoms with Gasteiger partial charge in [0.15, 0.2) is 5.82 Å². The molecule has 0 amide bonds. The highest BCUT2D eigenvalue weighted by atomic mass is 35.5. The van der Waals surface area contributed by atoms with E-state index in [2.05, 4.69) is 15.3 Å². The molecule has 6 heteroatoms. The molecule has 0 unspecified atom stereocenters. The van der Waals surface area contributed by atoms with Crippen LogP contribution in [-0.2, 0) is 13.6 Å². The van der Waals surface area contributed by atoms with Crippen molar-refractivity contribution in [3.8, 4) is 0 Å². The largest absolute Gasteiger partial charge is 0.317 e. The summed E-state index contributed by atoms with van der Waals surface area (Å²) in [6.45, 7) is 2.50. The van der Waals surface area contributed by atoms with Crippen LogP contribution < -0.4 is 0 Å². The molecule has 5 nitrogen and oxygen atoms in total. The van der Waals surface area contributed by atoms with Gasteiger partial charge in [-0.3, -0.25) is 4.68 Å². The van der Waals surface area contributed by atoms with E-state index in [4.69, 9.17) is 11.6 Å². The Morgan fingerprint density at radius 2 is 2.21 bits per heavy atom. The number of hydrogen-bond acceptors (Lipinski definition) is 3. The van der Waals surface area contributed by atoms with E-state index in [-0.39, 0.29) is 0 Å². The first kappa shape index (κ1) is 9.21. The lowest BCUT2D eigenvalue weighted by Crippen LogP contribution is -2.06. The zero-order valence-electron chi connectivity index (χ0n) is 7.98. The fourth-order valence-electron chi connectivity index (χ4n) is 1.16. The van der Waals surface area contributed by atoms with Gasteiger partial charge in [-0.2, -0.15) is 5.10 Å². The SMILES string of the molecule is Cc1nnc(Cn2cc(Cl)cn2)n1C. The van der Waals surface area contributed by atoms with E-state index in [1.54, 1.807) is 17.1 Å². The van der Waals surface area contributed by atoms with Crippen LogP contribution in [-0.4, -0.2) is 24.5 Å². The van der Waals surface area contributed by atoms with E-state index in [1.807, 2.05) is 18.5 Å². The molecule has 0 fully saturated rings. The zero-order chi connectivity index (χ0) is 10.1. The lowest BCUT2D eigenvalue weighted by Gasteiger charge is -2.00. The Morgan fingerprint density at radius 3 is 2.71 bits per heavy atom. The number of hydrogen-bond donors (Lipinski definition) is 0. The van der Waals surface area contributed by atoms with Crippen LogP contribution >= 0.6 is 11.6 Å². The summed E-state index contributed by atoms with van der Waals surface area (Å²) in [7, 11) is 1.93. The molecule has 0 aliphatic heterocycles. The van der Waals surface area contributed by atoms with Gasteiger partial charge in [0.05, 0.1) is 11.2 Å². The molecule has 0 saturated heterocycles. The summed E-state index contributed by atoms with van der Waals surface area (Å²) in [6, 6.07) is 0. The average molecular weight is 212 g/mol. The summed E-state index contributed by atoms with van der Waals surface area (Å²) in [5, 5.41) is 12.7. The topological polar surface area (TPSA) is 48.5 Å². The fourth-order valence-corrected chi connectivity index (χ4v) is 1.31. The second kappa shape index (κ2) is 3.42. The van der Waals surface area contributed by atoms with Crippen LogP contribution in [0.3, 0.4) is 0 Å². The maximum atomic E-state index is 5.75. The monoisotopic (exact) mass is 211 g/mol. The molecule has 2 rings (SSSR count). The van der Waals surface area contributed by atoms with Crippen molar-refractivity contribution in [3.63, 3.8) is 0 Å². The Morgan fingerprint density at radius 1 is 1.43 bits per heavy atom. The maximum Gasteiger partial charge on any atom is 0.154 e. The number of aromatic nitrogens is 5. The lowest BCUT2D eigenvalue weighted by atomic mass is 10.5. The van der Waals surface area contributed by atoms with Crippen molar-refractivity contribution in [2.75, 3.05) is 0 Å². The molecule has 0 aromatic carbocycles. The average Bonchev–Trinajstić information content (AvgIpc) is 2.67. The minimum atomic E-state index is 0.587. The van der Waals surface area contributed by atoms with Gasteiger partial charge in [0.25, 0.3) is 0 Å². The Labute approximate surface area is 86.3 Å². The molecule has 0 saturated carbocycles. The summed E-state index contributed by atoms with van der Waals surface area (Å²) in [6.07, 6.45) is 3.36. The summed E-state index contributed by atoms with van der Waals surface area (Å²) in [5.41, 5.74) is 0. The number of aryl methyl sites for hydroxylation is 1. The van der Waals surface area contributed by atoms with Crippen molar-refractivity contribution >= 4 is 11.6 Å². The second-order valence-corrected chi connectivity index (χ2v) is 3.52. The maximum absolute atomic E-state index is 5.75. The molecule has 2 aromatic rings. The molecule has 2 aromatic heterocycles. The Hall–Kier alpha value is -1.36. The smallest absolute Gasteiger partial charge is 0.154 e. The summed E-state index contributed by atoms with van der Waals surface area (Å²) in [4.78, 5) is 0. The van der Waals surface area contributed by atoms with Gasteiger partial charge in [-0.1, -0.05) is 11.6 Å². The minimum absolute atomic E-state index is 0.587. The van der Waals surface area contributed by atoms with Crippen LogP contribution in [0.1, 0.15) is 11.6 Å². The molecule has 0 bridgehead atoms. The third-order valence-electron chi connectivity index (χ3n) is 2.09. The normalized spacial score (nSPS) is 10.8. The molecule has 0 spiro atoms. The van der Waals surface area contributed by atoms with Crippen LogP contribution in [0.5, 0.6) is 0 Å². The highest BCUT2D eigenvalue weighted by Gasteiger charge is 2.05. The second-order valence-electron chi connectivity index (χ2n) is 3.08. The number of nitrogens with zero attached hydrogens (tertiary/aromatic N) is 5. The first-order valence-corrected chi connectivity index (χ1v) is 4.57. The Balaban J connectivity index is 2.22. The minimum Gasteiger partial charge on any atom is -0.317 e. The van der Waals surface area contributed by atoms with Gasteiger partial charge in [-0.25, -0.2) is 0 Å². The van der Waals surface area contributed by atoms with Gasteiger partial charge in [-0.05, 0) is 6.92 Å². The third kappa shape index (κ3) is 1.63. The number of rotatable bonds is 2. The van der Waals surface area contributed by atoms with E-state index < -0.39 is 0 Å². The van der Waals surface area contributed by atoms with Gasteiger partial charge in [0.1, 0.15) is 12.4 Å². The lowest BCUT2D eigenvalue weighted by molar-refractivity contribution is 0.627. The standard InChI is InChI=1S/C8H10ClN5/c1-6-11-12-8(13(6)2)5-14-4-7(9)3-10-14/h3-4H,5H2,1-2H3. The molecule has 0 aliphatic carbocycles. The van der Waals surface area contributed by atoms with Gasteiger partial charge in [0, 0.05) is 13.2 Å². The Bertz CT molecular complexity index is 444. The van der Waals surface area contributed by atoms with Crippen LogP contribution in [0.25, 0.3) is 0 Å². The van der Waals surface area contributed by atoms with Crippen molar-refractivity contribution in [3.05, 3.63) is 29.1 Å². The number of halogens is 1. The summed E-state index contributed by atoms with van der Waals surface area (Å²) >= 11 is 5.75. The van der Waals surface area contributed by atoms with Crippen LogP contribution in [0.4, 0.5) is 0 Å². The van der Waals surface area contributed by atoms with Gasteiger partial charge in [0.2, 0.25) is 0 Å². The predicted molar refractivity (Wildman–Crippen MR) is 52.1 cm³/mol. The van der Waals surface area contributed by atoms with Crippen LogP contribution in [0.15, 0.2) is 12.4 Å². The van der Waals surface area contributed by atoms with Crippen molar-refractivity contribution in [2.24, 2.45) is 7.05 Å². The molecule has 14 heavy (non-hydrogen) atoms. The van der Waals surface area contributed by atoms with E-state index >= 15 is 0 Å². The highest BCUT2D eigenvalue weighted by Crippen LogP contribution is 2.06. The van der Waals surface area contributed by atoms with Crippen molar-refractivity contribution in [1.82, 2.24) is 24.5 Å². The molecule has 0 N–H and O–H groups in total. The van der Waals surface area contributed by atoms with Crippen molar-refractivity contribution in [1.29, 1.82) is 0 Å². The van der Waals surface area contributed by atoms with Gasteiger partial charge in [-0.15, -0.1) is 10.2 Å². The van der Waals surface area contributed by atoms with Crippen molar-refractivity contribution in [2.45, 2.75) is 13.5 Å². The third-order valence-corrected chi connectivity index (χ3v) is 2.28. The first-order chi connectivity index (χ1) is 6.66. The highest BCUT2D eigenvalue weighted by molar-refractivity contribution is 6.30. The van der Waals surface area contributed by atoms with Crippen LogP contribution in [0, 0.1) is 6.92 Å². The summed E-state index contributed by atoms with van der Waals surface area (Å²) < 4.78 is 3.65. The van der Waals surface area contributed by atoms with E-state index in [1.165, 1.54) is 0 Å². The van der Waals surface area contributed by atoms with Gasteiger partial charge >= 0.3 is 0 Å².